The molecule has 0 aliphatic heterocycles. The predicted octanol–water partition coefficient (Wildman–Crippen LogP) is 1.41. The first-order valence-corrected chi connectivity index (χ1v) is 4.92. The van der Waals surface area contributed by atoms with Crippen molar-refractivity contribution in [2.45, 2.75) is 6.61 Å². The molecule has 0 saturated carbocycles. The van der Waals surface area contributed by atoms with Gasteiger partial charge in [0.15, 0.2) is 0 Å². The van der Waals surface area contributed by atoms with Crippen LogP contribution in [-0.2, 0) is 20.9 Å². The van der Waals surface area contributed by atoms with Crippen LogP contribution in [0.15, 0.2) is 36.4 Å². The van der Waals surface area contributed by atoms with Gasteiger partial charge in [-0.05, 0) is 6.07 Å². The van der Waals surface area contributed by atoms with Crippen molar-refractivity contribution in [3.8, 4) is 0 Å². The average Bonchev–Trinajstić information content (AvgIpc) is 2.29. The Hall–Kier alpha value is -2.14. The summed E-state index contributed by atoms with van der Waals surface area (Å²) in [5, 5.41) is 11.0. The Kier molecular flexibility index (Phi) is 4.90. The Bertz CT molecular complexity index is 440. The summed E-state index contributed by atoms with van der Waals surface area (Å²) in [4.78, 5) is 21.6. The minimum absolute atomic E-state index is 0.374. The highest BCUT2D eigenvalue weighted by Gasteiger charge is 2.03. The number of carboxylic acids is 1. The molecular weight excluding hydrogens is 222 g/mol. The highest BCUT2D eigenvalue weighted by Crippen LogP contribution is 2.15. The van der Waals surface area contributed by atoms with Gasteiger partial charge in [-0.3, -0.25) is 4.79 Å². The molecule has 1 amide bonds. The molecule has 0 saturated heterocycles. The molecule has 1 rings (SSSR count). The standard InChI is InChI=1S/C12H13NO4/c1-17-8-9-4-2-3-5-10(9)13-11(14)6-7-12(15)16/h2-7H,8H2,1H3,(H,13,14)(H,15,16)/b7-6+. The second-order valence-electron chi connectivity index (χ2n) is 3.25. The lowest BCUT2D eigenvalue weighted by Crippen LogP contribution is -2.10. The summed E-state index contributed by atoms with van der Waals surface area (Å²) in [5.74, 6) is -1.65. The Morgan fingerprint density at radius 1 is 1.35 bits per heavy atom. The van der Waals surface area contributed by atoms with Crippen LogP contribution >= 0.6 is 0 Å². The molecule has 0 atom stereocenters. The Morgan fingerprint density at radius 3 is 2.71 bits per heavy atom. The largest absolute Gasteiger partial charge is 0.478 e. The molecule has 1 aromatic carbocycles. The van der Waals surface area contributed by atoms with E-state index in [1.165, 1.54) is 0 Å². The summed E-state index contributed by atoms with van der Waals surface area (Å²) < 4.78 is 4.98. The van der Waals surface area contributed by atoms with E-state index in [-0.39, 0.29) is 0 Å². The fraction of sp³-hybridized carbons (Fsp3) is 0.167. The third-order valence-electron chi connectivity index (χ3n) is 1.95. The third-order valence-corrected chi connectivity index (χ3v) is 1.95. The van der Waals surface area contributed by atoms with Crippen LogP contribution < -0.4 is 5.32 Å². The summed E-state index contributed by atoms with van der Waals surface area (Å²) >= 11 is 0. The normalized spacial score (nSPS) is 10.4. The number of amides is 1. The molecule has 0 radical (unpaired) electrons. The van der Waals surface area contributed by atoms with Crippen LogP contribution in [0.2, 0.25) is 0 Å². The Balaban J connectivity index is 2.74. The first-order chi connectivity index (χ1) is 8.13. The Morgan fingerprint density at radius 2 is 2.06 bits per heavy atom. The van der Waals surface area contributed by atoms with Crippen molar-refractivity contribution in [3.63, 3.8) is 0 Å². The smallest absolute Gasteiger partial charge is 0.328 e. The quantitative estimate of drug-likeness (QED) is 0.756. The molecule has 90 valence electrons. The zero-order chi connectivity index (χ0) is 12.7. The number of nitrogens with one attached hydrogen (secondary N) is 1. The van der Waals surface area contributed by atoms with Gasteiger partial charge in [-0.25, -0.2) is 4.79 Å². The summed E-state index contributed by atoms with van der Waals surface area (Å²) in [5.41, 5.74) is 1.43. The van der Waals surface area contributed by atoms with Crippen molar-refractivity contribution in [3.05, 3.63) is 42.0 Å². The van der Waals surface area contributed by atoms with Crippen molar-refractivity contribution < 1.29 is 19.4 Å². The number of methoxy groups -OCH3 is 1. The van der Waals surface area contributed by atoms with Gasteiger partial charge in [-0.15, -0.1) is 0 Å². The molecule has 0 aromatic heterocycles. The highest BCUT2D eigenvalue weighted by molar-refractivity contribution is 6.02. The number of hydrogen-bond acceptors (Lipinski definition) is 3. The molecule has 5 heteroatoms. The van der Waals surface area contributed by atoms with Crippen LogP contribution in [-0.4, -0.2) is 24.1 Å². The number of carbonyl (C=O) groups excluding carboxylic acids is 1. The minimum Gasteiger partial charge on any atom is -0.478 e. The van der Waals surface area contributed by atoms with Gasteiger partial charge in [0.1, 0.15) is 0 Å². The fourth-order valence-corrected chi connectivity index (χ4v) is 1.24. The number of rotatable bonds is 5. The molecule has 5 nitrogen and oxygen atoms in total. The van der Waals surface area contributed by atoms with Crippen LogP contribution in [0, 0.1) is 0 Å². The van der Waals surface area contributed by atoms with Crippen LogP contribution in [0.4, 0.5) is 5.69 Å². The van der Waals surface area contributed by atoms with Crippen LogP contribution in [0.3, 0.4) is 0 Å². The first kappa shape index (κ1) is 12.9. The van der Waals surface area contributed by atoms with E-state index in [1.54, 1.807) is 19.2 Å². The Labute approximate surface area is 98.7 Å². The molecule has 0 heterocycles. The third kappa shape index (κ3) is 4.48. The number of ether oxygens (including phenoxy) is 1. The zero-order valence-corrected chi connectivity index (χ0v) is 9.34. The molecule has 0 aliphatic carbocycles. The molecule has 17 heavy (non-hydrogen) atoms. The van der Waals surface area contributed by atoms with Crippen molar-refractivity contribution in [1.29, 1.82) is 0 Å². The van der Waals surface area contributed by atoms with E-state index in [4.69, 9.17) is 9.84 Å². The number of hydrogen-bond donors (Lipinski definition) is 2. The fourth-order valence-electron chi connectivity index (χ4n) is 1.24. The van der Waals surface area contributed by atoms with Gasteiger partial charge in [-0.2, -0.15) is 0 Å². The monoisotopic (exact) mass is 235 g/mol. The minimum atomic E-state index is -1.16. The topological polar surface area (TPSA) is 75.6 Å². The number of aliphatic carboxylic acids is 1. The molecule has 2 N–H and O–H groups in total. The summed E-state index contributed by atoms with van der Waals surface area (Å²) in [7, 11) is 1.56. The van der Waals surface area contributed by atoms with Crippen LogP contribution in [0.25, 0.3) is 0 Å². The van der Waals surface area contributed by atoms with E-state index in [2.05, 4.69) is 5.32 Å². The summed E-state index contributed by atoms with van der Waals surface area (Å²) in [6.07, 6.45) is 1.75. The molecule has 0 unspecified atom stereocenters. The van der Waals surface area contributed by atoms with Gasteiger partial charge in [0.25, 0.3) is 0 Å². The molecule has 0 aliphatic rings. The number of para-hydroxylation sites is 1. The lowest BCUT2D eigenvalue weighted by atomic mass is 10.2. The number of anilines is 1. The molecule has 1 aromatic rings. The second kappa shape index (κ2) is 6.44. The van der Waals surface area contributed by atoms with Gasteiger partial charge < -0.3 is 15.2 Å². The SMILES string of the molecule is COCc1ccccc1NC(=O)/C=C/C(=O)O. The van der Waals surface area contributed by atoms with Crippen LogP contribution in [0.5, 0.6) is 0 Å². The number of carboxylic acid groups (broad SMARTS) is 1. The van der Waals surface area contributed by atoms with Gasteiger partial charge in [0.05, 0.1) is 6.61 Å². The van der Waals surface area contributed by atoms with Gasteiger partial charge >= 0.3 is 5.97 Å². The van der Waals surface area contributed by atoms with E-state index in [0.717, 1.165) is 17.7 Å². The van der Waals surface area contributed by atoms with E-state index in [0.29, 0.717) is 12.3 Å². The van der Waals surface area contributed by atoms with Gasteiger partial charge in [0.2, 0.25) is 5.91 Å². The number of carbonyl (C=O) groups is 2. The lowest BCUT2D eigenvalue weighted by Gasteiger charge is -2.08. The molecule has 0 bridgehead atoms. The van der Waals surface area contributed by atoms with E-state index >= 15 is 0 Å². The molecule has 0 fully saturated rings. The van der Waals surface area contributed by atoms with Crippen molar-refractivity contribution in [2.75, 3.05) is 12.4 Å². The maximum atomic E-state index is 11.4. The van der Waals surface area contributed by atoms with Gasteiger partial charge in [-0.1, -0.05) is 18.2 Å². The zero-order valence-electron chi connectivity index (χ0n) is 9.34. The van der Waals surface area contributed by atoms with E-state index < -0.39 is 11.9 Å². The first-order valence-electron chi connectivity index (χ1n) is 4.92. The maximum absolute atomic E-state index is 11.4. The number of benzene rings is 1. The lowest BCUT2D eigenvalue weighted by molar-refractivity contribution is -0.131. The predicted molar refractivity (Wildman–Crippen MR) is 62.6 cm³/mol. The molecular formula is C12H13NO4. The van der Waals surface area contributed by atoms with Crippen molar-refractivity contribution in [2.24, 2.45) is 0 Å². The van der Waals surface area contributed by atoms with E-state index in [1.807, 2.05) is 12.1 Å². The second-order valence-corrected chi connectivity index (χ2v) is 3.25. The van der Waals surface area contributed by atoms with Crippen LogP contribution in [0.1, 0.15) is 5.56 Å². The van der Waals surface area contributed by atoms with E-state index in [9.17, 15) is 9.59 Å². The summed E-state index contributed by atoms with van der Waals surface area (Å²) in [6.45, 7) is 0.374. The summed E-state index contributed by atoms with van der Waals surface area (Å²) in [6, 6.07) is 7.15. The van der Waals surface area contributed by atoms with Crippen molar-refractivity contribution in [1.82, 2.24) is 0 Å². The molecule has 0 spiro atoms. The average molecular weight is 235 g/mol. The van der Waals surface area contributed by atoms with Crippen molar-refractivity contribution >= 4 is 17.6 Å². The van der Waals surface area contributed by atoms with Gasteiger partial charge in [0, 0.05) is 30.5 Å². The highest BCUT2D eigenvalue weighted by atomic mass is 16.5. The maximum Gasteiger partial charge on any atom is 0.328 e.